The van der Waals surface area contributed by atoms with Crippen LogP contribution in [-0.4, -0.2) is 61.6 Å². The Kier molecular flexibility index (Phi) is 5.68. The van der Waals surface area contributed by atoms with Crippen molar-refractivity contribution in [1.82, 2.24) is 19.8 Å². The molecule has 1 N–H and O–H groups in total. The van der Waals surface area contributed by atoms with E-state index < -0.39 is 0 Å². The highest BCUT2D eigenvalue weighted by Crippen LogP contribution is 2.41. The number of aromatic nitrogens is 2. The molecule has 160 valence electrons. The Labute approximate surface area is 174 Å². The van der Waals surface area contributed by atoms with Crippen LogP contribution in [0.1, 0.15) is 83.5 Å². The normalized spacial score (nSPS) is 31.6. The van der Waals surface area contributed by atoms with Crippen molar-refractivity contribution < 1.29 is 9.90 Å². The summed E-state index contributed by atoms with van der Waals surface area (Å²) in [5.74, 6) is 1.19. The van der Waals surface area contributed by atoms with Gasteiger partial charge in [0.2, 0.25) is 5.91 Å². The number of rotatable bonds is 3. The largest absolute Gasteiger partial charge is 0.393 e. The maximum atomic E-state index is 13.7. The summed E-state index contributed by atoms with van der Waals surface area (Å²) in [7, 11) is 0. The molecule has 1 saturated carbocycles. The zero-order valence-corrected chi connectivity index (χ0v) is 18.2. The molecule has 1 aromatic heterocycles. The predicted molar refractivity (Wildman–Crippen MR) is 112 cm³/mol. The molecule has 4 rings (SSSR count). The van der Waals surface area contributed by atoms with Gasteiger partial charge in [0.05, 0.1) is 6.10 Å². The molecule has 1 spiro atoms. The fourth-order valence-electron chi connectivity index (χ4n) is 5.47. The minimum absolute atomic E-state index is 0.0548. The lowest BCUT2D eigenvalue weighted by Crippen LogP contribution is -2.62. The molecular formula is C23H36N4O2. The number of likely N-dealkylation sites (tertiary alicyclic amines) is 2. The van der Waals surface area contributed by atoms with Crippen LogP contribution in [0.3, 0.4) is 0 Å². The first kappa shape index (κ1) is 20.7. The van der Waals surface area contributed by atoms with E-state index in [0.29, 0.717) is 11.9 Å². The van der Waals surface area contributed by atoms with Gasteiger partial charge in [0.1, 0.15) is 11.4 Å². The summed E-state index contributed by atoms with van der Waals surface area (Å²) >= 11 is 0. The van der Waals surface area contributed by atoms with Crippen molar-refractivity contribution in [1.29, 1.82) is 0 Å². The smallest absolute Gasteiger partial charge is 0.243 e. The number of aliphatic hydroxyl groups excluding tert-OH is 1. The molecule has 1 aliphatic carbocycles. The summed E-state index contributed by atoms with van der Waals surface area (Å²) in [6.07, 6.45) is 11.3. The molecule has 3 fully saturated rings. The van der Waals surface area contributed by atoms with Crippen molar-refractivity contribution >= 4 is 5.91 Å². The van der Waals surface area contributed by atoms with Gasteiger partial charge in [-0.3, -0.25) is 9.69 Å². The first-order chi connectivity index (χ1) is 13.8. The Morgan fingerprint density at radius 2 is 1.69 bits per heavy atom. The molecule has 0 radical (unpaired) electrons. The van der Waals surface area contributed by atoms with Crippen molar-refractivity contribution in [3.05, 3.63) is 23.8 Å². The van der Waals surface area contributed by atoms with E-state index in [0.717, 1.165) is 82.4 Å². The third-order valence-corrected chi connectivity index (χ3v) is 7.13. The molecule has 1 amide bonds. The zero-order valence-electron chi connectivity index (χ0n) is 18.2. The highest BCUT2D eigenvalue weighted by Gasteiger charge is 2.51. The number of amides is 1. The lowest BCUT2D eigenvalue weighted by atomic mass is 9.82. The average molecular weight is 401 g/mol. The quantitative estimate of drug-likeness (QED) is 0.845. The van der Waals surface area contributed by atoms with E-state index in [9.17, 15) is 9.90 Å². The van der Waals surface area contributed by atoms with Crippen LogP contribution in [0.4, 0.5) is 0 Å². The highest BCUT2D eigenvalue weighted by atomic mass is 16.3. The van der Waals surface area contributed by atoms with E-state index in [1.807, 2.05) is 12.4 Å². The predicted octanol–water partition coefficient (Wildman–Crippen LogP) is 3.03. The Balaban J connectivity index is 1.49. The maximum Gasteiger partial charge on any atom is 0.243 e. The van der Waals surface area contributed by atoms with Gasteiger partial charge in [0.25, 0.3) is 0 Å². The van der Waals surface area contributed by atoms with Crippen molar-refractivity contribution in [3.63, 3.8) is 0 Å². The van der Waals surface area contributed by atoms with Crippen LogP contribution in [0.2, 0.25) is 0 Å². The van der Waals surface area contributed by atoms with E-state index in [4.69, 9.17) is 0 Å². The minimum atomic E-state index is -0.350. The Bertz CT molecular complexity index is 721. The van der Waals surface area contributed by atoms with Gasteiger partial charge in [0.15, 0.2) is 0 Å². The van der Waals surface area contributed by atoms with Gasteiger partial charge in [-0.15, -0.1) is 0 Å². The summed E-state index contributed by atoms with van der Waals surface area (Å²) in [5, 5.41) is 9.85. The van der Waals surface area contributed by atoms with Gasteiger partial charge < -0.3 is 10.0 Å². The number of carbonyl (C=O) groups excluding carboxylic acids is 1. The Morgan fingerprint density at radius 1 is 1.07 bits per heavy atom. The number of hydrogen-bond donors (Lipinski definition) is 1. The van der Waals surface area contributed by atoms with Crippen LogP contribution < -0.4 is 0 Å². The highest BCUT2D eigenvalue weighted by molar-refractivity contribution is 5.87. The lowest BCUT2D eigenvalue weighted by molar-refractivity contribution is -0.152. The standard InChI is InChI=1S/C23H36N4O2/c1-22(2,3)20-24-14-17(15-25-20)16-26-12-4-10-23(26)11-5-13-27(21(23)29)18-6-8-19(28)9-7-18/h14-15,18-19,28H,4-13,16H2,1-3H3. The molecule has 3 heterocycles. The van der Waals surface area contributed by atoms with Crippen molar-refractivity contribution in [2.45, 2.75) is 102 Å². The average Bonchev–Trinajstić information content (AvgIpc) is 3.08. The van der Waals surface area contributed by atoms with Crippen LogP contribution in [0.5, 0.6) is 0 Å². The summed E-state index contributed by atoms with van der Waals surface area (Å²) in [4.78, 5) is 27.4. The summed E-state index contributed by atoms with van der Waals surface area (Å²) in [6, 6.07) is 0.305. The van der Waals surface area contributed by atoms with Crippen LogP contribution in [-0.2, 0) is 16.8 Å². The Morgan fingerprint density at radius 3 is 2.31 bits per heavy atom. The second-order valence-corrected chi connectivity index (χ2v) is 10.3. The molecule has 3 aliphatic rings. The molecule has 1 atom stereocenters. The van der Waals surface area contributed by atoms with Gasteiger partial charge in [-0.05, 0) is 57.9 Å². The monoisotopic (exact) mass is 400 g/mol. The van der Waals surface area contributed by atoms with E-state index in [1.54, 1.807) is 0 Å². The van der Waals surface area contributed by atoms with Gasteiger partial charge in [0, 0.05) is 42.5 Å². The van der Waals surface area contributed by atoms with E-state index in [1.165, 1.54) is 0 Å². The summed E-state index contributed by atoms with van der Waals surface area (Å²) < 4.78 is 0. The molecule has 2 saturated heterocycles. The first-order valence-corrected chi connectivity index (χ1v) is 11.4. The molecule has 6 heteroatoms. The van der Waals surface area contributed by atoms with Crippen LogP contribution in [0.15, 0.2) is 12.4 Å². The van der Waals surface area contributed by atoms with Crippen molar-refractivity contribution in [3.8, 4) is 0 Å². The third kappa shape index (κ3) is 4.06. The fourth-order valence-corrected chi connectivity index (χ4v) is 5.47. The second kappa shape index (κ2) is 7.95. The minimum Gasteiger partial charge on any atom is -0.393 e. The number of hydrogen-bond acceptors (Lipinski definition) is 5. The molecule has 2 aliphatic heterocycles. The number of carbonyl (C=O) groups is 1. The van der Waals surface area contributed by atoms with Crippen molar-refractivity contribution in [2.24, 2.45) is 0 Å². The maximum absolute atomic E-state index is 13.7. The summed E-state index contributed by atoms with van der Waals surface area (Å²) in [6.45, 7) is 8.95. The molecule has 0 bridgehead atoms. The first-order valence-electron chi connectivity index (χ1n) is 11.4. The topological polar surface area (TPSA) is 69.6 Å². The molecule has 0 aromatic carbocycles. The molecule has 1 aromatic rings. The summed E-state index contributed by atoms with van der Waals surface area (Å²) in [5.41, 5.74) is 0.683. The van der Waals surface area contributed by atoms with Crippen LogP contribution in [0.25, 0.3) is 0 Å². The SMILES string of the molecule is CC(C)(C)c1ncc(CN2CCCC23CCCN(C2CCC(O)CC2)C3=O)cn1. The van der Waals surface area contributed by atoms with E-state index in [-0.39, 0.29) is 17.1 Å². The molecule has 29 heavy (non-hydrogen) atoms. The Hall–Kier alpha value is -1.53. The molecule has 6 nitrogen and oxygen atoms in total. The number of piperidine rings is 1. The second-order valence-electron chi connectivity index (χ2n) is 10.3. The van der Waals surface area contributed by atoms with Gasteiger partial charge >= 0.3 is 0 Å². The van der Waals surface area contributed by atoms with Crippen molar-refractivity contribution in [2.75, 3.05) is 13.1 Å². The van der Waals surface area contributed by atoms with Gasteiger partial charge in [-0.25, -0.2) is 9.97 Å². The van der Waals surface area contributed by atoms with E-state index >= 15 is 0 Å². The lowest BCUT2D eigenvalue weighted by Gasteiger charge is -2.48. The van der Waals surface area contributed by atoms with Gasteiger partial charge in [-0.1, -0.05) is 20.8 Å². The zero-order chi connectivity index (χ0) is 20.6. The third-order valence-electron chi connectivity index (χ3n) is 7.13. The molecular weight excluding hydrogens is 364 g/mol. The van der Waals surface area contributed by atoms with Gasteiger partial charge in [-0.2, -0.15) is 0 Å². The van der Waals surface area contributed by atoms with Crippen LogP contribution in [0, 0.1) is 0 Å². The number of nitrogens with zero attached hydrogens (tertiary/aromatic N) is 4. The molecule has 1 unspecified atom stereocenters. The number of aliphatic hydroxyl groups is 1. The fraction of sp³-hybridized carbons (Fsp3) is 0.783. The van der Waals surface area contributed by atoms with Crippen LogP contribution >= 0.6 is 0 Å². The van der Waals surface area contributed by atoms with E-state index in [2.05, 4.69) is 40.5 Å².